The molecule has 0 fully saturated rings. The van der Waals surface area contributed by atoms with Crippen molar-refractivity contribution in [3.05, 3.63) is 218 Å². The number of aromatic nitrogens is 2. The van der Waals surface area contributed by atoms with Crippen molar-refractivity contribution in [2.75, 3.05) is 9.80 Å². The summed E-state index contributed by atoms with van der Waals surface area (Å²) in [5, 5.41) is 4.84. The van der Waals surface area contributed by atoms with E-state index in [1.54, 1.807) is 0 Å². The van der Waals surface area contributed by atoms with Crippen molar-refractivity contribution in [3.8, 4) is 22.5 Å². The van der Waals surface area contributed by atoms with Gasteiger partial charge in [-0.25, -0.2) is 9.97 Å². The van der Waals surface area contributed by atoms with Crippen LogP contribution in [-0.4, -0.2) is 9.97 Å². The molecule has 0 radical (unpaired) electrons. The van der Waals surface area contributed by atoms with Gasteiger partial charge in [-0.2, -0.15) is 0 Å². The van der Waals surface area contributed by atoms with Gasteiger partial charge in [-0.1, -0.05) is 133 Å². The van der Waals surface area contributed by atoms with Gasteiger partial charge in [0, 0.05) is 45.3 Å². The molecule has 0 atom stereocenters. The molecule has 10 aromatic rings. The lowest BCUT2D eigenvalue weighted by Gasteiger charge is -2.26. The number of rotatable bonds is 8. The number of para-hydroxylation sites is 4. The van der Waals surface area contributed by atoms with Crippen molar-refractivity contribution in [1.82, 2.24) is 9.97 Å². The predicted octanol–water partition coefficient (Wildman–Crippen LogP) is 14.2. The molecule has 264 valence electrons. The fraction of sp³-hybridized carbons (Fsp3) is 0. The smallest absolute Gasteiger partial charge is 0.0973 e. The first-order valence-electron chi connectivity index (χ1n) is 18.9. The van der Waals surface area contributed by atoms with Crippen molar-refractivity contribution < 1.29 is 0 Å². The van der Waals surface area contributed by atoms with Crippen molar-refractivity contribution in [1.29, 1.82) is 0 Å². The van der Waals surface area contributed by atoms with Crippen LogP contribution in [-0.2, 0) is 0 Å². The Balaban J connectivity index is 1.05. The largest absolute Gasteiger partial charge is 0.310 e. The number of benzene rings is 9. The summed E-state index contributed by atoms with van der Waals surface area (Å²) in [4.78, 5) is 15.1. The molecule has 0 aliphatic carbocycles. The number of nitrogens with zero attached hydrogens (tertiary/aromatic N) is 4. The molecule has 0 spiro atoms. The zero-order valence-electron chi connectivity index (χ0n) is 30.6. The van der Waals surface area contributed by atoms with E-state index in [0.717, 1.165) is 67.7 Å². The Morgan fingerprint density at radius 3 is 0.982 bits per heavy atom. The second kappa shape index (κ2) is 14.3. The average Bonchev–Trinajstić information content (AvgIpc) is 3.27. The lowest BCUT2D eigenvalue weighted by Crippen LogP contribution is -2.10. The van der Waals surface area contributed by atoms with E-state index in [4.69, 9.17) is 9.97 Å². The Hall–Kier alpha value is -7.56. The molecule has 0 amide bonds. The van der Waals surface area contributed by atoms with E-state index in [0.29, 0.717) is 0 Å². The molecule has 0 aliphatic rings. The van der Waals surface area contributed by atoms with E-state index in [1.165, 1.54) is 21.5 Å². The standard InChI is InChI=1S/C52H36N4/c1-3-17-43(18-4-1)55(47-33-23-37-13-7-9-15-41(37)35-47)45-29-25-39(26-30-45)51-52(54-50-22-12-11-21-49(50)53-51)40-27-31-46(32-28-40)56(44-19-5-2-6-20-44)48-34-24-38-14-8-10-16-42(38)36-48/h1-36H. The Kier molecular flexibility index (Phi) is 8.47. The molecule has 4 heteroatoms. The normalized spacial score (nSPS) is 11.2. The molecular weight excluding hydrogens is 681 g/mol. The van der Waals surface area contributed by atoms with E-state index >= 15 is 0 Å². The van der Waals surface area contributed by atoms with Gasteiger partial charge in [0.1, 0.15) is 0 Å². The summed E-state index contributed by atoms with van der Waals surface area (Å²) in [6, 6.07) is 76.8. The Labute approximate surface area is 326 Å². The zero-order chi connectivity index (χ0) is 37.3. The summed E-state index contributed by atoms with van der Waals surface area (Å²) in [7, 11) is 0. The van der Waals surface area contributed by atoms with Crippen molar-refractivity contribution >= 4 is 66.7 Å². The number of hydrogen-bond acceptors (Lipinski definition) is 4. The van der Waals surface area contributed by atoms with Crippen LogP contribution in [0.1, 0.15) is 0 Å². The maximum absolute atomic E-state index is 5.24. The summed E-state index contributed by atoms with van der Waals surface area (Å²) >= 11 is 0. The number of anilines is 6. The van der Waals surface area contributed by atoms with Gasteiger partial charge in [-0.15, -0.1) is 0 Å². The van der Waals surface area contributed by atoms with Crippen LogP contribution in [0.3, 0.4) is 0 Å². The first-order chi connectivity index (χ1) is 27.7. The van der Waals surface area contributed by atoms with Crippen molar-refractivity contribution in [2.45, 2.75) is 0 Å². The van der Waals surface area contributed by atoms with Crippen molar-refractivity contribution in [3.63, 3.8) is 0 Å². The predicted molar refractivity (Wildman–Crippen MR) is 235 cm³/mol. The van der Waals surface area contributed by atoms with Crippen molar-refractivity contribution in [2.24, 2.45) is 0 Å². The maximum atomic E-state index is 5.24. The Bertz CT molecular complexity index is 2760. The van der Waals surface area contributed by atoms with Gasteiger partial charge < -0.3 is 9.80 Å². The average molecular weight is 717 g/mol. The second-order valence-electron chi connectivity index (χ2n) is 13.9. The first kappa shape index (κ1) is 33.0. The molecule has 0 aliphatic heterocycles. The Morgan fingerprint density at radius 2 is 0.571 bits per heavy atom. The highest BCUT2D eigenvalue weighted by molar-refractivity contribution is 5.92. The minimum Gasteiger partial charge on any atom is -0.310 e. The van der Waals surface area contributed by atoms with Crippen LogP contribution in [0.15, 0.2) is 218 Å². The molecular formula is C52H36N4. The van der Waals surface area contributed by atoms with Gasteiger partial charge in [0.15, 0.2) is 0 Å². The van der Waals surface area contributed by atoms with Crippen LogP contribution in [0.2, 0.25) is 0 Å². The second-order valence-corrected chi connectivity index (χ2v) is 13.9. The molecule has 0 bridgehead atoms. The summed E-state index contributed by atoms with van der Waals surface area (Å²) in [5.41, 5.74) is 11.9. The number of fused-ring (bicyclic) bond motifs is 3. The Morgan fingerprint density at radius 1 is 0.250 bits per heavy atom. The van der Waals surface area contributed by atoms with Crippen LogP contribution in [0.25, 0.3) is 55.1 Å². The summed E-state index contributed by atoms with van der Waals surface area (Å²) in [6.07, 6.45) is 0. The minimum atomic E-state index is 0.842. The van der Waals surface area contributed by atoms with Crippen LogP contribution >= 0.6 is 0 Å². The third-order valence-electron chi connectivity index (χ3n) is 10.4. The van der Waals surface area contributed by atoms with Crippen LogP contribution < -0.4 is 9.80 Å². The van der Waals surface area contributed by atoms with Gasteiger partial charge in [0.2, 0.25) is 0 Å². The molecule has 10 rings (SSSR count). The molecule has 0 N–H and O–H groups in total. The molecule has 9 aromatic carbocycles. The zero-order valence-corrected chi connectivity index (χ0v) is 30.6. The lowest BCUT2D eigenvalue weighted by atomic mass is 10.0. The SMILES string of the molecule is c1ccc(N(c2ccc(-c3nc4ccccc4nc3-c3ccc(N(c4ccccc4)c4ccc5ccccc5c4)cc3)cc2)c2ccc3ccccc3c2)cc1. The quantitative estimate of drug-likeness (QED) is 0.157. The fourth-order valence-electron chi connectivity index (χ4n) is 7.62. The van der Waals surface area contributed by atoms with E-state index in [2.05, 4.69) is 204 Å². The molecule has 1 aromatic heterocycles. The fourth-order valence-corrected chi connectivity index (χ4v) is 7.62. The molecule has 4 nitrogen and oxygen atoms in total. The van der Waals surface area contributed by atoms with Crippen LogP contribution in [0.4, 0.5) is 34.1 Å². The van der Waals surface area contributed by atoms with Crippen LogP contribution in [0, 0.1) is 0 Å². The van der Waals surface area contributed by atoms with Gasteiger partial charge in [-0.05, 0) is 106 Å². The highest BCUT2D eigenvalue weighted by atomic mass is 15.1. The molecule has 0 unspecified atom stereocenters. The lowest BCUT2D eigenvalue weighted by molar-refractivity contribution is 1.27. The maximum Gasteiger partial charge on any atom is 0.0973 e. The summed E-state index contributed by atoms with van der Waals surface area (Å²) in [6.45, 7) is 0. The topological polar surface area (TPSA) is 32.3 Å². The first-order valence-corrected chi connectivity index (χ1v) is 18.9. The molecule has 0 saturated carbocycles. The van der Waals surface area contributed by atoms with Gasteiger partial charge >= 0.3 is 0 Å². The van der Waals surface area contributed by atoms with E-state index in [1.807, 2.05) is 24.3 Å². The van der Waals surface area contributed by atoms with Gasteiger partial charge in [0.05, 0.1) is 22.4 Å². The summed E-state index contributed by atoms with van der Waals surface area (Å²) < 4.78 is 0. The molecule has 1 heterocycles. The highest BCUT2D eigenvalue weighted by Crippen LogP contribution is 2.40. The van der Waals surface area contributed by atoms with Gasteiger partial charge in [0.25, 0.3) is 0 Å². The van der Waals surface area contributed by atoms with E-state index in [9.17, 15) is 0 Å². The van der Waals surface area contributed by atoms with Gasteiger partial charge in [-0.3, -0.25) is 0 Å². The molecule has 56 heavy (non-hydrogen) atoms. The third-order valence-corrected chi connectivity index (χ3v) is 10.4. The van der Waals surface area contributed by atoms with Crippen LogP contribution in [0.5, 0.6) is 0 Å². The monoisotopic (exact) mass is 716 g/mol. The third kappa shape index (κ3) is 6.29. The molecule has 0 saturated heterocycles. The summed E-state index contributed by atoms with van der Waals surface area (Å²) in [5.74, 6) is 0. The van der Waals surface area contributed by atoms with E-state index in [-0.39, 0.29) is 0 Å². The number of hydrogen-bond donors (Lipinski definition) is 0. The minimum absolute atomic E-state index is 0.842. The van der Waals surface area contributed by atoms with E-state index < -0.39 is 0 Å². The highest BCUT2D eigenvalue weighted by Gasteiger charge is 2.18.